The summed E-state index contributed by atoms with van der Waals surface area (Å²) in [7, 11) is 0. The van der Waals surface area contributed by atoms with Gasteiger partial charge in [0.25, 0.3) is 0 Å². The number of ether oxygens (including phenoxy) is 1. The predicted octanol–water partition coefficient (Wildman–Crippen LogP) is 2.70. The zero-order valence-electron chi connectivity index (χ0n) is 12.4. The molecule has 0 unspecified atom stereocenters. The van der Waals surface area contributed by atoms with E-state index in [1.54, 1.807) is 0 Å². The summed E-state index contributed by atoms with van der Waals surface area (Å²) in [4.78, 5) is 6.86. The zero-order valence-corrected chi connectivity index (χ0v) is 12.4. The average Bonchev–Trinajstić information content (AvgIpc) is 2.79. The fourth-order valence-corrected chi connectivity index (χ4v) is 3.11. The summed E-state index contributed by atoms with van der Waals surface area (Å²) >= 11 is 0. The van der Waals surface area contributed by atoms with Crippen LogP contribution in [0.15, 0.2) is 18.3 Å². The lowest BCUT2D eigenvalue weighted by molar-refractivity contribution is 0.122. The Morgan fingerprint density at radius 2 is 2.05 bits per heavy atom. The van der Waals surface area contributed by atoms with Gasteiger partial charge in [0.15, 0.2) is 0 Å². The minimum atomic E-state index is 0.205. The first-order valence-corrected chi connectivity index (χ1v) is 7.37. The zero-order chi connectivity index (χ0) is 14.2. The van der Waals surface area contributed by atoms with Crippen molar-refractivity contribution >= 4 is 17.1 Å². The van der Waals surface area contributed by atoms with Crippen LogP contribution < -0.4 is 10.6 Å². The van der Waals surface area contributed by atoms with Crippen LogP contribution in [0, 0.1) is 5.41 Å². The lowest BCUT2D eigenvalue weighted by atomic mass is 9.82. The van der Waals surface area contributed by atoms with E-state index in [1.807, 2.05) is 12.3 Å². The molecule has 1 aliphatic carbocycles. The van der Waals surface area contributed by atoms with Crippen LogP contribution in [-0.2, 0) is 4.74 Å². The van der Waals surface area contributed by atoms with E-state index in [0.717, 1.165) is 49.8 Å². The summed E-state index contributed by atoms with van der Waals surface area (Å²) in [6, 6.07) is 2.01. The number of nitrogens with zero attached hydrogens (tertiary/aromatic N) is 2. The molecule has 1 aliphatic heterocycles. The van der Waals surface area contributed by atoms with Crippen LogP contribution in [0.25, 0.3) is 5.57 Å². The lowest BCUT2D eigenvalue weighted by Gasteiger charge is -2.29. The van der Waals surface area contributed by atoms with Gasteiger partial charge in [-0.3, -0.25) is 0 Å². The first kappa shape index (κ1) is 13.4. The second-order valence-electron chi connectivity index (χ2n) is 6.27. The van der Waals surface area contributed by atoms with E-state index in [-0.39, 0.29) is 5.41 Å². The van der Waals surface area contributed by atoms with Crippen LogP contribution in [0.1, 0.15) is 32.3 Å². The molecule has 0 spiro atoms. The van der Waals surface area contributed by atoms with E-state index < -0.39 is 0 Å². The molecule has 1 aromatic heterocycles. The molecular formula is C16H23N3O. The van der Waals surface area contributed by atoms with Crippen LogP contribution in [0.4, 0.5) is 11.5 Å². The second-order valence-corrected chi connectivity index (χ2v) is 6.27. The summed E-state index contributed by atoms with van der Waals surface area (Å²) in [5.74, 6) is 0.964. The molecule has 2 aliphatic rings. The Hall–Kier alpha value is -1.55. The van der Waals surface area contributed by atoms with Gasteiger partial charge < -0.3 is 15.4 Å². The van der Waals surface area contributed by atoms with Crippen molar-refractivity contribution in [2.24, 2.45) is 5.41 Å². The van der Waals surface area contributed by atoms with Gasteiger partial charge in [-0.2, -0.15) is 0 Å². The maximum atomic E-state index is 6.29. The van der Waals surface area contributed by atoms with E-state index >= 15 is 0 Å². The minimum absolute atomic E-state index is 0.205. The van der Waals surface area contributed by atoms with E-state index in [2.05, 4.69) is 29.8 Å². The van der Waals surface area contributed by atoms with Gasteiger partial charge in [-0.05, 0) is 23.8 Å². The highest BCUT2D eigenvalue weighted by atomic mass is 16.5. The van der Waals surface area contributed by atoms with Gasteiger partial charge in [-0.15, -0.1) is 0 Å². The first-order valence-electron chi connectivity index (χ1n) is 7.37. The SMILES string of the molecule is CC1(C)CCC=C1c1cnc(N2CCOCC2)cc1N. The highest BCUT2D eigenvalue weighted by molar-refractivity contribution is 5.80. The van der Waals surface area contributed by atoms with Gasteiger partial charge in [0.2, 0.25) is 0 Å². The Labute approximate surface area is 120 Å². The number of hydrogen-bond acceptors (Lipinski definition) is 4. The summed E-state index contributed by atoms with van der Waals surface area (Å²) in [5, 5.41) is 0. The molecule has 2 heterocycles. The number of allylic oxidation sites excluding steroid dienone is 2. The predicted molar refractivity (Wildman–Crippen MR) is 82.7 cm³/mol. The van der Waals surface area contributed by atoms with Crippen LogP contribution >= 0.6 is 0 Å². The molecule has 0 bridgehead atoms. The summed E-state index contributed by atoms with van der Waals surface area (Å²) in [6.07, 6.45) is 6.57. The molecule has 20 heavy (non-hydrogen) atoms. The third kappa shape index (κ3) is 2.40. The maximum Gasteiger partial charge on any atom is 0.130 e. The number of aromatic nitrogens is 1. The highest BCUT2D eigenvalue weighted by Gasteiger charge is 2.29. The Kier molecular flexibility index (Phi) is 3.42. The van der Waals surface area contributed by atoms with Crippen molar-refractivity contribution in [3.05, 3.63) is 23.9 Å². The number of anilines is 2. The number of nitrogens with two attached hydrogens (primary N) is 1. The Bertz CT molecular complexity index is 531. The number of hydrogen-bond donors (Lipinski definition) is 1. The summed E-state index contributed by atoms with van der Waals surface area (Å²) in [6.45, 7) is 7.87. The molecule has 1 aromatic rings. The maximum absolute atomic E-state index is 6.29. The Balaban J connectivity index is 1.88. The van der Waals surface area contributed by atoms with Crippen LogP contribution in [-0.4, -0.2) is 31.3 Å². The number of nitrogen functional groups attached to an aromatic ring is 1. The molecule has 4 heteroatoms. The molecule has 0 amide bonds. The summed E-state index contributed by atoms with van der Waals surface area (Å²) in [5.41, 5.74) is 9.78. The van der Waals surface area contributed by atoms with E-state index in [0.29, 0.717) is 0 Å². The molecule has 3 rings (SSSR count). The van der Waals surface area contributed by atoms with Gasteiger partial charge in [0.1, 0.15) is 5.82 Å². The number of morpholine rings is 1. The van der Waals surface area contributed by atoms with Crippen molar-refractivity contribution in [1.29, 1.82) is 0 Å². The van der Waals surface area contributed by atoms with Crippen molar-refractivity contribution in [2.75, 3.05) is 36.9 Å². The topological polar surface area (TPSA) is 51.4 Å². The average molecular weight is 273 g/mol. The van der Waals surface area contributed by atoms with E-state index in [9.17, 15) is 0 Å². The molecule has 1 saturated heterocycles. The molecule has 0 atom stereocenters. The fourth-order valence-electron chi connectivity index (χ4n) is 3.11. The normalized spacial score (nSPS) is 21.9. The van der Waals surface area contributed by atoms with Crippen molar-refractivity contribution in [3.63, 3.8) is 0 Å². The van der Waals surface area contributed by atoms with E-state index in [1.165, 1.54) is 12.0 Å². The first-order chi connectivity index (χ1) is 9.58. The van der Waals surface area contributed by atoms with E-state index in [4.69, 9.17) is 10.5 Å². The molecule has 0 radical (unpaired) electrons. The Morgan fingerprint density at radius 1 is 1.30 bits per heavy atom. The smallest absolute Gasteiger partial charge is 0.130 e. The van der Waals surface area contributed by atoms with Gasteiger partial charge in [0.05, 0.1) is 13.2 Å². The van der Waals surface area contributed by atoms with Gasteiger partial charge in [0, 0.05) is 36.6 Å². The van der Waals surface area contributed by atoms with Crippen LogP contribution in [0.5, 0.6) is 0 Å². The molecular weight excluding hydrogens is 250 g/mol. The molecule has 0 saturated carbocycles. The lowest BCUT2D eigenvalue weighted by Crippen LogP contribution is -2.36. The molecule has 108 valence electrons. The van der Waals surface area contributed by atoms with Crippen LogP contribution in [0.2, 0.25) is 0 Å². The highest BCUT2D eigenvalue weighted by Crippen LogP contribution is 2.45. The number of pyridine rings is 1. The Morgan fingerprint density at radius 3 is 2.65 bits per heavy atom. The van der Waals surface area contributed by atoms with Gasteiger partial charge in [-0.1, -0.05) is 19.9 Å². The van der Waals surface area contributed by atoms with Crippen molar-refractivity contribution in [1.82, 2.24) is 4.98 Å². The minimum Gasteiger partial charge on any atom is -0.398 e. The van der Waals surface area contributed by atoms with Crippen molar-refractivity contribution < 1.29 is 4.74 Å². The molecule has 1 fully saturated rings. The quantitative estimate of drug-likeness (QED) is 0.900. The molecule has 0 aromatic carbocycles. The van der Waals surface area contributed by atoms with Crippen molar-refractivity contribution in [3.8, 4) is 0 Å². The van der Waals surface area contributed by atoms with Gasteiger partial charge >= 0.3 is 0 Å². The standard InChI is InChI=1S/C16H23N3O/c1-16(2)5-3-4-13(16)12-11-18-15(10-14(12)17)19-6-8-20-9-7-19/h4,10-11H,3,5-9H2,1-2H3,(H2,17,18). The third-order valence-corrected chi connectivity index (χ3v) is 4.39. The molecule has 2 N–H and O–H groups in total. The monoisotopic (exact) mass is 273 g/mol. The third-order valence-electron chi connectivity index (χ3n) is 4.39. The summed E-state index contributed by atoms with van der Waals surface area (Å²) < 4.78 is 5.37. The van der Waals surface area contributed by atoms with Gasteiger partial charge in [-0.25, -0.2) is 4.98 Å². The van der Waals surface area contributed by atoms with Crippen molar-refractivity contribution in [2.45, 2.75) is 26.7 Å². The second kappa shape index (κ2) is 5.09. The van der Waals surface area contributed by atoms with Crippen LogP contribution in [0.3, 0.4) is 0 Å². The number of rotatable bonds is 2. The largest absolute Gasteiger partial charge is 0.398 e. The molecule has 4 nitrogen and oxygen atoms in total. The fraction of sp³-hybridized carbons (Fsp3) is 0.562.